The van der Waals surface area contributed by atoms with E-state index >= 15 is 0 Å². The Labute approximate surface area is 411 Å². The van der Waals surface area contributed by atoms with Crippen LogP contribution >= 0.6 is 0 Å². The van der Waals surface area contributed by atoms with Crippen molar-refractivity contribution in [2.45, 2.75) is 62.2 Å². The molecular formula is C69H53N. The molecular weight excluding hydrogens is 843 g/mol. The van der Waals surface area contributed by atoms with Crippen LogP contribution in [0.4, 0.5) is 17.1 Å². The molecule has 1 spiro atoms. The van der Waals surface area contributed by atoms with E-state index in [2.05, 4.69) is 237 Å². The summed E-state index contributed by atoms with van der Waals surface area (Å²) in [4.78, 5) is 2.55. The molecule has 0 radical (unpaired) electrons. The first-order valence-electron chi connectivity index (χ1n) is 25.6. The van der Waals surface area contributed by atoms with Crippen LogP contribution in [-0.2, 0) is 16.2 Å². The van der Waals surface area contributed by atoms with Crippen molar-refractivity contribution < 1.29 is 0 Å². The molecule has 10 aromatic rings. The topological polar surface area (TPSA) is 3.24 Å². The third kappa shape index (κ3) is 5.44. The minimum Gasteiger partial charge on any atom is -0.310 e. The molecule has 0 amide bonds. The number of rotatable bonds is 6. The smallest absolute Gasteiger partial charge is 0.0726 e. The van der Waals surface area contributed by atoms with Crippen molar-refractivity contribution in [3.63, 3.8) is 0 Å². The van der Waals surface area contributed by atoms with Crippen molar-refractivity contribution in [2.24, 2.45) is 5.92 Å². The molecule has 0 N–H and O–H groups in total. The van der Waals surface area contributed by atoms with Crippen molar-refractivity contribution in [3.8, 4) is 55.6 Å². The van der Waals surface area contributed by atoms with E-state index in [4.69, 9.17) is 0 Å². The molecule has 1 heteroatoms. The maximum atomic E-state index is 2.69. The SMILES string of the molecule is CC1(C)c2ccccc2-c2cc(N(c3cccc(-c4cccc5cccc(-c6ccccc6)c45)c3)c3ccc4c(c3)C3(c5ccccc5-c5ccccc53)c3cc(C56CCC(CC5)C6)ccc3-4)ccc21. The van der Waals surface area contributed by atoms with E-state index in [1.807, 2.05) is 0 Å². The number of benzene rings is 10. The van der Waals surface area contributed by atoms with Gasteiger partial charge in [0.15, 0.2) is 0 Å². The fraction of sp³-hybridized carbons (Fsp3) is 0.159. The molecule has 2 fully saturated rings. The number of anilines is 3. The van der Waals surface area contributed by atoms with Crippen LogP contribution in [0.5, 0.6) is 0 Å². The average molecular weight is 896 g/mol. The standard InChI is InChI=1S/C69H53N/c1-67(2)60-26-9-6-23-56(60)59-41-50(31-34-61(59)67)70(49-20-12-19-47(39-49)53-25-14-18-46-17-13-24-52(66(46)53)45-15-4-3-5-16-45)51-30-33-58-57-32-29-48(68-37-35-44(43-68)36-38-68)40-64(57)69(65(58)42-51)62-27-10-7-21-54(62)55-22-8-11-28-63(55)69/h3-34,39-42,44H,35-38,43H2,1-2H3. The third-order valence-electron chi connectivity index (χ3n) is 17.9. The van der Waals surface area contributed by atoms with Gasteiger partial charge in [0, 0.05) is 22.5 Å². The second-order valence-corrected chi connectivity index (χ2v) is 21.6. The predicted octanol–water partition coefficient (Wildman–Crippen LogP) is 18.1. The van der Waals surface area contributed by atoms with E-state index in [0.717, 1.165) is 23.0 Å². The molecule has 1 nitrogen and oxygen atoms in total. The Bertz CT molecular complexity index is 3750. The fourth-order valence-electron chi connectivity index (χ4n) is 14.7. The van der Waals surface area contributed by atoms with Crippen LogP contribution < -0.4 is 4.90 Å². The lowest BCUT2D eigenvalue weighted by Gasteiger charge is -2.34. The number of nitrogens with zero attached hydrogens (tertiary/aromatic N) is 1. The van der Waals surface area contributed by atoms with E-state index in [-0.39, 0.29) is 5.41 Å². The van der Waals surface area contributed by atoms with E-state index in [0.29, 0.717) is 5.41 Å². The summed E-state index contributed by atoms with van der Waals surface area (Å²) in [5.74, 6) is 0.879. The Morgan fingerprint density at radius 1 is 0.371 bits per heavy atom. The van der Waals surface area contributed by atoms with Gasteiger partial charge in [-0.2, -0.15) is 0 Å². The summed E-state index contributed by atoms with van der Waals surface area (Å²) in [5, 5.41) is 2.52. The third-order valence-corrected chi connectivity index (χ3v) is 17.9. The van der Waals surface area contributed by atoms with Gasteiger partial charge in [-0.25, -0.2) is 0 Å². The maximum Gasteiger partial charge on any atom is 0.0726 e. The first kappa shape index (κ1) is 40.2. The minimum atomic E-state index is -0.456. The minimum absolute atomic E-state index is 0.0919. The highest BCUT2D eigenvalue weighted by molar-refractivity contribution is 6.07. The monoisotopic (exact) mass is 895 g/mol. The van der Waals surface area contributed by atoms with E-state index < -0.39 is 5.41 Å². The molecule has 0 heterocycles. The van der Waals surface area contributed by atoms with Crippen LogP contribution in [0.25, 0.3) is 66.4 Å². The number of fused-ring (bicyclic) bond motifs is 16. The quantitative estimate of drug-likeness (QED) is 0.161. The highest BCUT2D eigenvalue weighted by Crippen LogP contribution is 2.65. The second-order valence-electron chi connectivity index (χ2n) is 21.6. The molecule has 0 aliphatic heterocycles. The van der Waals surface area contributed by atoms with Crippen molar-refractivity contribution in [2.75, 3.05) is 4.90 Å². The maximum absolute atomic E-state index is 2.69. The molecule has 2 saturated carbocycles. The molecule has 0 atom stereocenters. The van der Waals surface area contributed by atoms with Gasteiger partial charge in [0.2, 0.25) is 0 Å². The van der Waals surface area contributed by atoms with Gasteiger partial charge in [0.1, 0.15) is 0 Å². The lowest BCUT2D eigenvalue weighted by atomic mass is 9.69. The zero-order valence-electron chi connectivity index (χ0n) is 39.8. The zero-order chi connectivity index (χ0) is 46.3. The lowest BCUT2D eigenvalue weighted by molar-refractivity contribution is 0.418. The Kier molecular flexibility index (Phi) is 8.40. The molecule has 15 rings (SSSR count). The van der Waals surface area contributed by atoms with Crippen LogP contribution in [-0.4, -0.2) is 0 Å². The molecule has 0 saturated heterocycles. The van der Waals surface area contributed by atoms with Crippen LogP contribution in [0, 0.1) is 5.92 Å². The number of hydrogen-bond donors (Lipinski definition) is 0. The molecule has 5 aliphatic rings. The lowest BCUT2D eigenvalue weighted by Crippen LogP contribution is -2.27. The number of hydrogen-bond acceptors (Lipinski definition) is 1. The van der Waals surface area contributed by atoms with Crippen LogP contribution in [0.15, 0.2) is 218 Å². The first-order valence-corrected chi connectivity index (χ1v) is 25.6. The summed E-state index contributed by atoms with van der Waals surface area (Å²) < 4.78 is 0. The van der Waals surface area contributed by atoms with Crippen molar-refractivity contribution in [1.29, 1.82) is 0 Å². The molecule has 2 bridgehead atoms. The van der Waals surface area contributed by atoms with Crippen LogP contribution in [0.3, 0.4) is 0 Å². The zero-order valence-corrected chi connectivity index (χ0v) is 39.8. The molecule has 0 unspecified atom stereocenters. The summed E-state index contributed by atoms with van der Waals surface area (Å²) in [6.07, 6.45) is 6.71. The molecule has 10 aromatic carbocycles. The summed E-state index contributed by atoms with van der Waals surface area (Å²) in [6, 6.07) is 83.7. The van der Waals surface area contributed by atoms with Gasteiger partial charge in [-0.3, -0.25) is 0 Å². The Morgan fingerprint density at radius 3 is 1.59 bits per heavy atom. The van der Waals surface area contributed by atoms with E-state index in [9.17, 15) is 0 Å². The van der Waals surface area contributed by atoms with Crippen molar-refractivity contribution in [3.05, 3.63) is 257 Å². The normalized spacial score (nSPS) is 18.9. The Hall–Kier alpha value is -7.74. The highest BCUT2D eigenvalue weighted by Gasteiger charge is 2.53. The highest BCUT2D eigenvalue weighted by atomic mass is 15.1. The van der Waals surface area contributed by atoms with Crippen LogP contribution in [0.2, 0.25) is 0 Å². The van der Waals surface area contributed by atoms with Crippen molar-refractivity contribution >= 4 is 27.8 Å². The first-order chi connectivity index (χ1) is 34.4. The van der Waals surface area contributed by atoms with E-state index in [1.165, 1.54) is 132 Å². The summed E-state index contributed by atoms with van der Waals surface area (Å²) in [5.41, 5.74) is 26.1. The summed E-state index contributed by atoms with van der Waals surface area (Å²) in [6.45, 7) is 4.76. The summed E-state index contributed by atoms with van der Waals surface area (Å²) >= 11 is 0. The van der Waals surface area contributed by atoms with Crippen LogP contribution in [0.1, 0.15) is 84.9 Å². The summed E-state index contributed by atoms with van der Waals surface area (Å²) in [7, 11) is 0. The largest absolute Gasteiger partial charge is 0.310 e. The molecule has 334 valence electrons. The predicted molar refractivity (Wildman–Crippen MR) is 292 cm³/mol. The second kappa shape index (κ2) is 14.6. The van der Waals surface area contributed by atoms with E-state index in [1.54, 1.807) is 5.56 Å². The van der Waals surface area contributed by atoms with Gasteiger partial charge >= 0.3 is 0 Å². The van der Waals surface area contributed by atoms with Gasteiger partial charge in [-0.1, -0.05) is 196 Å². The molecule has 0 aromatic heterocycles. The van der Waals surface area contributed by atoms with Gasteiger partial charge in [-0.15, -0.1) is 0 Å². The van der Waals surface area contributed by atoms with Gasteiger partial charge < -0.3 is 4.90 Å². The fourth-order valence-corrected chi connectivity index (χ4v) is 14.7. The van der Waals surface area contributed by atoms with Gasteiger partial charge in [0.05, 0.1) is 5.41 Å². The Balaban J connectivity index is 0.974. The molecule has 5 aliphatic carbocycles. The van der Waals surface area contributed by atoms with Gasteiger partial charge in [0.25, 0.3) is 0 Å². The average Bonchev–Trinajstić information content (AvgIpc) is 4.22. The van der Waals surface area contributed by atoms with Crippen molar-refractivity contribution in [1.82, 2.24) is 0 Å². The Morgan fingerprint density at radius 2 is 0.886 bits per heavy atom. The molecule has 70 heavy (non-hydrogen) atoms. The van der Waals surface area contributed by atoms with Gasteiger partial charge in [-0.05, 0) is 185 Å².